The van der Waals surface area contributed by atoms with Crippen LogP contribution in [0.5, 0.6) is 0 Å². The van der Waals surface area contributed by atoms with Gasteiger partial charge in [0.1, 0.15) is 0 Å². The zero-order valence-electron chi connectivity index (χ0n) is 8.31. The second-order valence-corrected chi connectivity index (χ2v) is 3.23. The summed E-state index contributed by atoms with van der Waals surface area (Å²) in [5.74, 6) is 0. The van der Waals surface area contributed by atoms with E-state index < -0.39 is 0 Å². The molecule has 0 aliphatic rings. The number of aryl methyl sites for hydroxylation is 2. The summed E-state index contributed by atoms with van der Waals surface area (Å²) >= 11 is 0. The molecule has 0 aliphatic carbocycles. The zero-order valence-corrected chi connectivity index (χ0v) is 8.31. The maximum atomic E-state index is 4.26. The van der Waals surface area contributed by atoms with Crippen molar-refractivity contribution in [1.29, 1.82) is 0 Å². The van der Waals surface area contributed by atoms with Crippen molar-refractivity contribution in [2.45, 2.75) is 0 Å². The van der Waals surface area contributed by atoms with Crippen molar-refractivity contribution in [2.75, 3.05) is 0 Å². The smallest absolute Gasteiger partial charge is 0.0939 e. The molecule has 2 aromatic heterocycles. The minimum Gasteiger partial charge on any atom is -0.275 e. The molecule has 0 aromatic carbocycles. The monoisotopic (exact) mass is 188 g/mol. The van der Waals surface area contributed by atoms with E-state index in [2.05, 4.69) is 16.8 Å². The molecular weight excluding hydrogens is 176 g/mol. The molecule has 0 unspecified atom stereocenters. The van der Waals surface area contributed by atoms with E-state index in [0.717, 1.165) is 17.0 Å². The molecule has 14 heavy (non-hydrogen) atoms. The lowest BCUT2D eigenvalue weighted by Crippen LogP contribution is -1.94. The van der Waals surface area contributed by atoms with Crippen LogP contribution in [0.15, 0.2) is 31.1 Å². The Kier molecular flexibility index (Phi) is 1.96. The van der Waals surface area contributed by atoms with E-state index in [1.54, 1.807) is 9.36 Å². The van der Waals surface area contributed by atoms with Crippen LogP contribution in [-0.4, -0.2) is 19.6 Å². The van der Waals surface area contributed by atoms with Gasteiger partial charge in [0.15, 0.2) is 0 Å². The third-order valence-electron chi connectivity index (χ3n) is 2.05. The predicted octanol–water partition coefficient (Wildman–Crippen LogP) is 1.22. The normalized spacial score (nSPS) is 10.4. The SMILES string of the molecule is C=C(c1ccn(C)n1)c1ccn(C)n1. The molecule has 0 atom stereocenters. The number of nitrogens with zero attached hydrogens (tertiary/aromatic N) is 4. The van der Waals surface area contributed by atoms with Crippen LogP contribution in [0.1, 0.15) is 11.4 Å². The van der Waals surface area contributed by atoms with Gasteiger partial charge in [-0.25, -0.2) is 0 Å². The van der Waals surface area contributed by atoms with E-state index in [9.17, 15) is 0 Å². The Morgan fingerprint density at radius 1 is 1.07 bits per heavy atom. The Labute approximate surface area is 82.5 Å². The molecule has 0 spiro atoms. The summed E-state index contributed by atoms with van der Waals surface area (Å²) < 4.78 is 3.51. The minimum atomic E-state index is 0.853. The first-order valence-electron chi connectivity index (χ1n) is 4.36. The largest absolute Gasteiger partial charge is 0.275 e. The highest BCUT2D eigenvalue weighted by atomic mass is 15.3. The van der Waals surface area contributed by atoms with E-state index in [1.807, 2.05) is 38.6 Å². The van der Waals surface area contributed by atoms with E-state index in [0.29, 0.717) is 0 Å². The maximum absolute atomic E-state index is 4.26. The summed E-state index contributed by atoms with van der Waals surface area (Å²) in [6, 6.07) is 3.86. The van der Waals surface area contributed by atoms with Crippen LogP contribution in [0.4, 0.5) is 0 Å². The van der Waals surface area contributed by atoms with Crippen LogP contribution in [0.3, 0.4) is 0 Å². The molecule has 0 aliphatic heterocycles. The van der Waals surface area contributed by atoms with E-state index in [-0.39, 0.29) is 0 Å². The molecule has 0 saturated carbocycles. The van der Waals surface area contributed by atoms with Gasteiger partial charge in [0.2, 0.25) is 0 Å². The molecule has 2 aromatic rings. The highest BCUT2D eigenvalue weighted by molar-refractivity contribution is 5.73. The highest BCUT2D eigenvalue weighted by Gasteiger charge is 2.07. The van der Waals surface area contributed by atoms with Crippen LogP contribution in [-0.2, 0) is 14.1 Å². The summed E-state index contributed by atoms with van der Waals surface area (Å²) in [5, 5.41) is 8.53. The minimum absolute atomic E-state index is 0.853. The Morgan fingerprint density at radius 2 is 1.50 bits per heavy atom. The number of hydrogen-bond donors (Lipinski definition) is 0. The Balaban J connectivity index is 2.33. The molecule has 2 heterocycles. The van der Waals surface area contributed by atoms with Gasteiger partial charge in [-0.3, -0.25) is 9.36 Å². The van der Waals surface area contributed by atoms with Gasteiger partial charge in [-0.2, -0.15) is 10.2 Å². The zero-order chi connectivity index (χ0) is 10.1. The van der Waals surface area contributed by atoms with Crippen LogP contribution in [0.2, 0.25) is 0 Å². The maximum Gasteiger partial charge on any atom is 0.0939 e. The van der Waals surface area contributed by atoms with Gasteiger partial charge in [0.05, 0.1) is 11.4 Å². The predicted molar refractivity (Wildman–Crippen MR) is 54.6 cm³/mol. The highest BCUT2D eigenvalue weighted by Crippen LogP contribution is 2.16. The van der Waals surface area contributed by atoms with Crippen LogP contribution >= 0.6 is 0 Å². The molecule has 0 N–H and O–H groups in total. The van der Waals surface area contributed by atoms with Gasteiger partial charge < -0.3 is 0 Å². The Hall–Kier alpha value is -1.84. The van der Waals surface area contributed by atoms with Crippen molar-refractivity contribution < 1.29 is 0 Å². The van der Waals surface area contributed by atoms with E-state index in [4.69, 9.17) is 0 Å². The second kappa shape index (κ2) is 3.14. The average molecular weight is 188 g/mol. The molecule has 0 bridgehead atoms. The fourth-order valence-corrected chi connectivity index (χ4v) is 1.28. The van der Waals surface area contributed by atoms with Crippen molar-refractivity contribution >= 4 is 5.57 Å². The first-order valence-corrected chi connectivity index (χ1v) is 4.36. The lowest BCUT2D eigenvalue weighted by Gasteiger charge is -1.96. The van der Waals surface area contributed by atoms with E-state index in [1.165, 1.54) is 0 Å². The lowest BCUT2D eigenvalue weighted by molar-refractivity contribution is 0.756. The van der Waals surface area contributed by atoms with Gasteiger partial charge in [-0.15, -0.1) is 0 Å². The third-order valence-corrected chi connectivity index (χ3v) is 2.05. The molecule has 4 nitrogen and oxygen atoms in total. The van der Waals surface area contributed by atoms with Gasteiger partial charge >= 0.3 is 0 Å². The van der Waals surface area contributed by atoms with Gasteiger partial charge in [0, 0.05) is 32.1 Å². The molecule has 0 amide bonds. The lowest BCUT2D eigenvalue weighted by atomic mass is 10.1. The van der Waals surface area contributed by atoms with Crippen molar-refractivity contribution in [2.24, 2.45) is 14.1 Å². The first-order chi connectivity index (χ1) is 6.66. The fourth-order valence-electron chi connectivity index (χ4n) is 1.28. The second-order valence-electron chi connectivity index (χ2n) is 3.23. The number of rotatable bonds is 2. The number of aromatic nitrogens is 4. The Bertz CT molecular complexity index is 422. The van der Waals surface area contributed by atoms with Crippen LogP contribution in [0, 0.1) is 0 Å². The summed E-state index contributed by atoms with van der Waals surface area (Å²) in [5.41, 5.74) is 2.59. The summed E-state index contributed by atoms with van der Waals surface area (Å²) in [7, 11) is 3.77. The number of hydrogen-bond acceptors (Lipinski definition) is 2. The molecule has 0 radical (unpaired) electrons. The third kappa shape index (κ3) is 1.46. The van der Waals surface area contributed by atoms with Crippen LogP contribution in [0.25, 0.3) is 5.57 Å². The quantitative estimate of drug-likeness (QED) is 0.710. The van der Waals surface area contributed by atoms with Gasteiger partial charge in [-0.05, 0) is 12.1 Å². The van der Waals surface area contributed by atoms with Crippen LogP contribution < -0.4 is 0 Å². The molecule has 0 saturated heterocycles. The first kappa shape index (κ1) is 8.74. The molecular formula is C10H12N4. The fraction of sp³-hybridized carbons (Fsp3) is 0.200. The molecule has 0 fully saturated rings. The molecule has 72 valence electrons. The summed E-state index contributed by atoms with van der Waals surface area (Å²) in [6.45, 7) is 3.97. The van der Waals surface area contributed by atoms with Crippen molar-refractivity contribution in [3.05, 3.63) is 42.5 Å². The van der Waals surface area contributed by atoms with Crippen molar-refractivity contribution in [3.8, 4) is 0 Å². The van der Waals surface area contributed by atoms with Gasteiger partial charge in [0.25, 0.3) is 0 Å². The average Bonchev–Trinajstić information content (AvgIpc) is 2.73. The standard InChI is InChI=1S/C10H12N4/c1-8(9-4-6-13(2)11-9)10-5-7-14(3)12-10/h4-7H,1H2,2-3H3. The van der Waals surface area contributed by atoms with Gasteiger partial charge in [-0.1, -0.05) is 6.58 Å². The van der Waals surface area contributed by atoms with E-state index >= 15 is 0 Å². The van der Waals surface area contributed by atoms with Crippen molar-refractivity contribution in [1.82, 2.24) is 19.6 Å². The summed E-state index contributed by atoms with van der Waals surface area (Å²) in [6.07, 6.45) is 3.78. The van der Waals surface area contributed by atoms with Crippen molar-refractivity contribution in [3.63, 3.8) is 0 Å². The molecule has 4 heteroatoms. The summed E-state index contributed by atoms with van der Waals surface area (Å²) in [4.78, 5) is 0. The topological polar surface area (TPSA) is 35.6 Å². The Morgan fingerprint density at radius 3 is 1.79 bits per heavy atom. The molecule has 2 rings (SSSR count).